The molecule has 28 heavy (non-hydrogen) atoms. The molecule has 140 valence electrons. The van der Waals surface area contributed by atoms with Gasteiger partial charge in [-0.25, -0.2) is 4.68 Å². The minimum absolute atomic E-state index is 0.208. The second-order valence-corrected chi connectivity index (χ2v) is 8.21. The molecule has 2 aromatic carbocycles. The summed E-state index contributed by atoms with van der Waals surface area (Å²) in [5.74, 6) is -0.208. The molecule has 1 aliphatic rings. The fourth-order valence-corrected chi connectivity index (χ4v) is 4.71. The van der Waals surface area contributed by atoms with Gasteiger partial charge in [0.25, 0.3) is 0 Å². The lowest BCUT2D eigenvalue weighted by Crippen LogP contribution is -2.56. The summed E-state index contributed by atoms with van der Waals surface area (Å²) >= 11 is 13.9. The van der Waals surface area contributed by atoms with E-state index in [9.17, 15) is 4.79 Å². The Labute approximate surface area is 173 Å². The van der Waals surface area contributed by atoms with Crippen LogP contribution in [0.3, 0.4) is 0 Å². The number of aromatic nitrogens is 5. The minimum atomic E-state index is -0.675. The van der Waals surface area contributed by atoms with E-state index in [0.717, 1.165) is 21.6 Å². The van der Waals surface area contributed by atoms with Crippen LogP contribution in [0.1, 0.15) is 16.6 Å². The summed E-state index contributed by atoms with van der Waals surface area (Å²) < 4.78 is 1.76. The molecule has 2 aromatic heterocycles. The van der Waals surface area contributed by atoms with Gasteiger partial charge in [-0.15, -0.1) is 26.9 Å². The maximum atomic E-state index is 12.4. The average molecular weight is 431 g/mol. The first-order valence-electron chi connectivity index (χ1n) is 8.45. The lowest BCUT2D eigenvalue weighted by molar-refractivity contribution is -0.123. The molecule has 1 amide bonds. The van der Waals surface area contributed by atoms with E-state index in [1.807, 2.05) is 42.5 Å². The van der Waals surface area contributed by atoms with Gasteiger partial charge in [0, 0.05) is 5.02 Å². The molecular formula is C18H12Cl2N6OS. The number of anilines is 1. The van der Waals surface area contributed by atoms with Crippen LogP contribution in [-0.2, 0) is 11.3 Å². The molecule has 0 spiro atoms. The van der Waals surface area contributed by atoms with Gasteiger partial charge >= 0.3 is 0 Å². The first-order valence-corrected chi connectivity index (χ1v) is 10.1. The fraction of sp³-hybridized carbons (Fsp3) is 0.167. The number of amides is 1. The van der Waals surface area contributed by atoms with Crippen LogP contribution in [0.4, 0.5) is 5.13 Å². The molecule has 5 rings (SSSR count). The number of carbonyl (C=O) groups is 1. The van der Waals surface area contributed by atoms with Crippen LogP contribution in [-0.4, -0.2) is 36.5 Å². The number of benzene rings is 2. The molecule has 7 nitrogen and oxygen atoms in total. The molecular weight excluding hydrogens is 419 g/mol. The topological polar surface area (TPSA) is 76.8 Å². The van der Waals surface area contributed by atoms with Crippen LogP contribution in [0.25, 0.3) is 11.0 Å². The van der Waals surface area contributed by atoms with Crippen LogP contribution < -0.4 is 4.90 Å². The van der Waals surface area contributed by atoms with E-state index in [-0.39, 0.29) is 11.9 Å². The molecule has 1 fully saturated rings. The highest BCUT2D eigenvalue weighted by Gasteiger charge is 2.50. The maximum Gasteiger partial charge on any atom is 0.250 e. The zero-order valence-corrected chi connectivity index (χ0v) is 16.6. The summed E-state index contributed by atoms with van der Waals surface area (Å²) in [7, 11) is 0. The second-order valence-electron chi connectivity index (χ2n) is 6.29. The maximum absolute atomic E-state index is 12.4. The highest BCUT2D eigenvalue weighted by atomic mass is 35.5. The van der Waals surface area contributed by atoms with Crippen LogP contribution in [0, 0.1) is 0 Å². The predicted molar refractivity (Wildman–Crippen MR) is 108 cm³/mol. The van der Waals surface area contributed by atoms with Crippen molar-refractivity contribution in [3.8, 4) is 0 Å². The SMILES string of the molecule is O=C1C(Cl)C(c2ccccc2Cl)N1c1nnc(Cn2nnc3ccccc32)s1. The third-order valence-electron chi connectivity index (χ3n) is 4.62. The Hall–Kier alpha value is -2.55. The predicted octanol–water partition coefficient (Wildman–Crippen LogP) is 3.68. The second kappa shape index (κ2) is 6.80. The Bertz CT molecular complexity index is 1190. The molecule has 0 aliphatic carbocycles. The van der Waals surface area contributed by atoms with Gasteiger partial charge in [0.05, 0.1) is 18.1 Å². The van der Waals surface area contributed by atoms with E-state index < -0.39 is 5.38 Å². The lowest BCUT2D eigenvalue weighted by Gasteiger charge is -2.42. The van der Waals surface area contributed by atoms with E-state index in [1.54, 1.807) is 15.6 Å². The van der Waals surface area contributed by atoms with Gasteiger partial charge in [-0.2, -0.15) is 0 Å². The minimum Gasteiger partial charge on any atom is -0.276 e. The number of para-hydroxylation sites is 1. The molecule has 2 atom stereocenters. The molecule has 2 unspecified atom stereocenters. The van der Waals surface area contributed by atoms with E-state index >= 15 is 0 Å². The van der Waals surface area contributed by atoms with E-state index in [2.05, 4.69) is 20.5 Å². The Morgan fingerprint density at radius 2 is 1.82 bits per heavy atom. The van der Waals surface area contributed by atoms with Crippen molar-refractivity contribution in [3.05, 3.63) is 64.1 Å². The molecule has 1 aliphatic heterocycles. The monoisotopic (exact) mass is 430 g/mol. The van der Waals surface area contributed by atoms with Gasteiger partial charge in [0.1, 0.15) is 15.9 Å². The van der Waals surface area contributed by atoms with Gasteiger partial charge in [0.15, 0.2) is 0 Å². The zero-order valence-electron chi connectivity index (χ0n) is 14.2. The van der Waals surface area contributed by atoms with Crippen molar-refractivity contribution in [2.45, 2.75) is 18.0 Å². The summed E-state index contributed by atoms with van der Waals surface area (Å²) in [5, 5.41) is 17.8. The summed E-state index contributed by atoms with van der Waals surface area (Å²) in [5.41, 5.74) is 2.52. The quantitative estimate of drug-likeness (QED) is 0.364. The fourth-order valence-electron chi connectivity index (χ4n) is 3.25. The highest BCUT2D eigenvalue weighted by Crippen LogP contribution is 2.45. The van der Waals surface area contributed by atoms with Gasteiger partial charge in [-0.1, -0.05) is 58.5 Å². The van der Waals surface area contributed by atoms with Gasteiger partial charge in [0.2, 0.25) is 11.0 Å². The number of alkyl halides is 1. The molecule has 3 heterocycles. The van der Waals surface area contributed by atoms with E-state index in [4.69, 9.17) is 23.2 Å². The number of hydrogen-bond acceptors (Lipinski definition) is 6. The van der Waals surface area contributed by atoms with Crippen LogP contribution in [0.15, 0.2) is 48.5 Å². The molecule has 0 saturated carbocycles. The number of rotatable bonds is 4. The Morgan fingerprint density at radius 3 is 2.68 bits per heavy atom. The van der Waals surface area contributed by atoms with Crippen LogP contribution >= 0.6 is 34.5 Å². The van der Waals surface area contributed by atoms with Gasteiger partial charge in [-0.3, -0.25) is 9.69 Å². The molecule has 4 aromatic rings. The largest absolute Gasteiger partial charge is 0.276 e. The van der Waals surface area contributed by atoms with Crippen molar-refractivity contribution >= 4 is 56.6 Å². The van der Waals surface area contributed by atoms with Gasteiger partial charge in [-0.05, 0) is 23.8 Å². The van der Waals surface area contributed by atoms with E-state index in [1.165, 1.54) is 11.3 Å². The Balaban J connectivity index is 1.44. The first-order chi connectivity index (χ1) is 13.6. The summed E-state index contributed by atoms with van der Waals surface area (Å²) in [4.78, 5) is 14.0. The van der Waals surface area contributed by atoms with Crippen molar-refractivity contribution in [2.75, 3.05) is 4.90 Å². The Kier molecular flexibility index (Phi) is 4.26. The highest BCUT2D eigenvalue weighted by molar-refractivity contribution is 7.15. The third-order valence-corrected chi connectivity index (χ3v) is 6.30. The van der Waals surface area contributed by atoms with Crippen molar-refractivity contribution in [1.82, 2.24) is 25.2 Å². The molecule has 0 N–H and O–H groups in total. The number of β-lactam (4-membered cyclic amide) rings is 1. The van der Waals surface area contributed by atoms with E-state index in [0.29, 0.717) is 16.7 Å². The van der Waals surface area contributed by atoms with Crippen LogP contribution in [0.2, 0.25) is 5.02 Å². The summed E-state index contributed by atoms with van der Waals surface area (Å²) in [6.07, 6.45) is 0. The molecule has 1 saturated heterocycles. The lowest BCUT2D eigenvalue weighted by atomic mass is 9.94. The number of carbonyl (C=O) groups excluding carboxylic acids is 1. The molecule has 0 bridgehead atoms. The number of fused-ring (bicyclic) bond motifs is 1. The average Bonchev–Trinajstić information content (AvgIpc) is 3.34. The van der Waals surface area contributed by atoms with Crippen molar-refractivity contribution in [1.29, 1.82) is 0 Å². The summed E-state index contributed by atoms with van der Waals surface area (Å²) in [6, 6.07) is 14.7. The smallest absolute Gasteiger partial charge is 0.250 e. The standard InChI is InChI=1S/C18H12Cl2N6OS/c19-11-6-2-1-5-10(11)16-15(20)17(27)26(16)18-23-22-14(28-18)9-25-13-8-4-3-7-12(13)21-24-25/h1-8,15-16H,9H2. The van der Waals surface area contributed by atoms with Crippen molar-refractivity contribution in [2.24, 2.45) is 0 Å². The number of halogens is 2. The third kappa shape index (κ3) is 2.76. The van der Waals surface area contributed by atoms with Gasteiger partial charge < -0.3 is 0 Å². The normalized spacial score (nSPS) is 19.2. The first kappa shape index (κ1) is 17.5. The number of nitrogens with zero attached hydrogens (tertiary/aromatic N) is 6. The summed E-state index contributed by atoms with van der Waals surface area (Å²) in [6.45, 7) is 0.418. The molecule has 10 heteroatoms. The zero-order chi connectivity index (χ0) is 19.3. The van der Waals surface area contributed by atoms with Crippen LogP contribution in [0.5, 0.6) is 0 Å². The number of hydrogen-bond donors (Lipinski definition) is 0. The van der Waals surface area contributed by atoms with Crippen molar-refractivity contribution in [3.63, 3.8) is 0 Å². The van der Waals surface area contributed by atoms with Crippen molar-refractivity contribution < 1.29 is 4.79 Å². The Morgan fingerprint density at radius 1 is 1.04 bits per heavy atom. The molecule has 0 radical (unpaired) electrons.